The zero-order valence-corrected chi connectivity index (χ0v) is 6.95. The average Bonchev–Trinajstić information content (AvgIpc) is 1.25. The van der Waals surface area contributed by atoms with E-state index in [9.17, 15) is 13.0 Å². The Hall–Kier alpha value is 0.507. The van der Waals surface area contributed by atoms with E-state index in [2.05, 4.69) is 0 Å². The van der Waals surface area contributed by atoms with Crippen molar-refractivity contribution in [2.45, 2.75) is 25.5 Å². The molecular weight excluding hydrogens is 135 g/mol. The third kappa shape index (κ3) is 3.99. The van der Waals surface area contributed by atoms with Crippen LogP contribution < -0.4 is 18.9 Å². The molecule has 0 radical (unpaired) electrons. The van der Waals surface area contributed by atoms with Crippen LogP contribution in [-0.2, 0) is 10.1 Å². The number of hydrogen-bond donors (Lipinski definition) is 0. The van der Waals surface area contributed by atoms with Gasteiger partial charge in [-0.3, -0.25) is 0 Å². The average molecular weight is 144 g/mol. The Morgan fingerprint density at radius 3 is 1.33 bits per heavy atom. The first-order valence-corrected chi connectivity index (χ1v) is 3.61. The second-order valence-corrected chi connectivity index (χ2v) is 4.70. The largest absolute Gasteiger partial charge is 1.00 e. The minimum absolute atomic E-state index is 0. The Balaban J connectivity index is 0. The summed E-state index contributed by atoms with van der Waals surface area (Å²) in [6, 6.07) is 0. The monoisotopic (exact) mass is 144 g/mol. The minimum atomic E-state index is -4.09. The van der Waals surface area contributed by atoms with Crippen molar-refractivity contribution >= 4 is 10.1 Å². The Labute approximate surface area is 67.8 Å². The first kappa shape index (κ1) is 12.2. The second-order valence-electron chi connectivity index (χ2n) is 2.57. The van der Waals surface area contributed by atoms with E-state index in [0.29, 0.717) is 0 Å². The van der Waals surface area contributed by atoms with E-state index >= 15 is 0 Å². The van der Waals surface area contributed by atoms with Gasteiger partial charge in [0.2, 0.25) is 0 Å². The van der Waals surface area contributed by atoms with Gasteiger partial charge in [0.1, 0.15) is 0 Å². The Morgan fingerprint density at radius 1 is 1.22 bits per heavy atom. The molecule has 0 aliphatic heterocycles. The Morgan fingerprint density at radius 2 is 1.33 bits per heavy atom. The van der Waals surface area contributed by atoms with Gasteiger partial charge in [0, 0.05) is 0 Å². The van der Waals surface area contributed by atoms with E-state index in [-0.39, 0.29) is 18.9 Å². The molecule has 0 spiro atoms. The summed E-state index contributed by atoms with van der Waals surface area (Å²) in [5.41, 5.74) is 0. The molecule has 0 aromatic rings. The van der Waals surface area contributed by atoms with Crippen molar-refractivity contribution in [1.82, 2.24) is 0 Å². The summed E-state index contributed by atoms with van der Waals surface area (Å²) in [5, 5.41) is 0. The fourth-order valence-electron chi connectivity index (χ4n) is 0. The summed E-state index contributed by atoms with van der Waals surface area (Å²) in [7, 11) is -4.09. The Kier molecular flexibility index (Phi) is 4.16. The molecule has 0 aliphatic carbocycles. The molecule has 0 rings (SSSR count). The molecule has 0 heterocycles. The fraction of sp³-hybridized carbons (Fsp3) is 1.00. The van der Waals surface area contributed by atoms with E-state index in [1.54, 1.807) is 0 Å². The van der Waals surface area contributed by atoms with Gasteiger partial charge in [0.05, 0.1) is 14.9 Å². The van der Waals surface area contributed by atoms with Gasteiger partial charge in [-0.25, -0.2) is 8.42 Å². The molecule has 50 valence electrons. The van der Waals surface area contributed by atoms with Crippen LogP contribution in [0.2, 0.25) is 0 Å². The van der Waals surface area contributed by atoms with E-state index in [1.165, 1.54) is 20.8 Å². The standard InChI is InChI=1S/C4H10O3S.Li/c1-4(2,3)8(5,6)7;/h1-3H3,(H,5,6,7);/q;+1/p-1. The van der Waals surface area contributed by atoms with Crippen molar-refractivity contribution < 1.29 is 31.8 Å². The molecule has 0 aromatic carbocycles. The third-order valence-corrected chi connectivity index (χ3v) is 2.25. The Bertz CT molecular complexity index is 165. The molecule has 0 saturated carbocycles. The van der Waals surface area contributed by atoms with Crippen LogP contribution in [0.4, 0.5) is 0 Å². The van der Waals surface area contributed by atoms with E-state index in [4.69, 9.17) is 0 Å². The van der Waals surface area contributed by atoms with Gasteiger partial charge in [-0.15, -0.1) is 0 Å². The van der Waals surface area contributed by atoms with Crippen LogP contribution >= 0.6 is 0 Å². The summed E-state index contributed by atoms with van der Waals surface area (Å²) in [4.78, 5) is 0. The van der Waals surface area contributed by atoms with Crippen molar-refractivity contribution in [2.24, 2.45) is 0 Å². The maximum atomic E-state index is 10.1. The summed E-state index contributed by atoms with van der Waals surface area (Å²) in [6.07, 6.45) is 0. The topological polar surface area (TPSA) is 57.2 Å². The molecule has 0 aromatic heterocycles. The smallest absolute Gasteiger partial charge is 0.748 e. The van der Waals surface area contributed by atoms with E-state index in [0.717, 1.165) is 0 Å². The van der Waals surface area contributed by atoms with Gasteiger partial charge in [0.15, 0.2) is 0 Å². The fourth-order valence-corrected chi connectivity index (χ4v) is 0. The predicted octanol–water partition coefficient (Wildman–Crippen LogP) is -2.67. The predicted molar refractivity (Wildman–Crippen MR) is 29.5 cm³/mol. The molecule has 0 N–H and O–H groups in total. The third-order valence-electron chi connectivity index (χ3n) is 0.750. The van der Waals surface area contributed by atoms with Crippen LogP contribution in [0.25, 0.3) is 0 Å². The van der Waals surface area contributed by atoms with Gasteiger partial charge >= 0.3 is 18.9 Å². The molecule has 0 unspecified atom stereocenters. The maximum absolute atomic E-state index is 10.1. The molecule has 0 aliphatic rings. The van der Waals surface area contributed by atoms with Crippen molar-refractivity contribution in [2.75, 3.05) is 0 Å². The first-order valence-electron chi connectivity index (χ1n) is 2.20. The molecule has 9 heavy (non-hydrogen) atoms. The van der Waals surface area contributed by atoms with Crippen LogP contribution in [0.1, 0.15) is 20.8 Å². The first-order chi connectivity index (χ1) is 3.25. The number of hydrogen-bond acceptors (Lipinski definition) is 3. The van der Waals surface area contributed by atoms with Crippen molar-refractivity contribution in [1.29, 1.82) is 0 Å². The SMILES string of the molecule is CC(C)(C)S(=O)(=O)[O-].[Li+]. The van der Waals surface area contributed by atoms with Crippen molar-refractivity contribution in [3.05, 3.63) is 0 Å². The summed E-state index contributed by atoms with van der Waals surface area (Å²) in [5.74, 6) is 0. The van der Waals surface area contributed by atoms with Crippen LogP contribution in [-0.4, -0.2) is 17.7 Å². The zero-order valence-electron chi connectivity index (χ0n) is 6.13. The van der Waals surface area contributed by atoms with Gasteiger partial charge in [0.25, 0.3) is 0 Å². The molecule has 0 amide bonds. The quantitative estimate of drug-likeness (QED) is 0.275. The van der Waals surface area contributed by atoms with Crippen LogP contribution in [0.15, 0.2) is 0 Å². The molecule has 0 saturated heterocycles. The van der Waals surface area contributed by atoms with Crippen molar-refractivity contribution in [3.8, 4) is 0 Å². The van der Waals surface area contributed by atoms with Gasteiger partial charge < -0.3 is 4.55 Å². The summed E-state index contributed by atoms with van der Waals surface area (Å²) >= 11 is 0. The molecular formula is C4H9LiO3S. The zero-order chi connectivity index (χ0) is 7.00. The van der Waals surface area contributed by atoms with Gasteiger partial charge in [-0.2, -0.15) is 0 Å². The molecule has 0 fully saturated rings. The normalized spacial score (nSPS) is 12.4. The molecule has 0 bridgehead atoms. The summed E-state index contributed by atoms with van der Waals surface area (Å²) in [6.45, 7) is 4.11. The minimum Gasteiger partial charge on any atom is -0.748 e. The van der Waals surface area contributed by atoms with Gasteiger partial charge in [-0.05, 0) is 20.8 Å². The second kappa shape index (κ2) is 3.07. The molecule has 3 nitrogen and oxygen atoms in total. The molecule has 0 atom stereocenters. The number of rotatable bonds is 0. The van der Waals surface area contributed by atoms with E-state index < -0.39 is 14.9 Å². The summed E-state index contributed by atoms with van der Waals surface area (Å²) < 4.78 is 29.1. The van der Waals surface area contributed by atoms with Crippen LogP contribution in [0, 0.1) is 0 Å². The van der Waals surface area contributed by atoms with E-state index in [1.807, 2.05) is 0 Å². The van der Waals surface area contributed by atoms with Crippen LogP contribution in [0.3, 0.4) is 0 Å². The van der Waals surface area contributed by atoms with Gasteiger partial charge in [-0.1, -0.05) is 0 Å². The molecule has 5 heteroatoms. The maximum Gasteiger partial charge on any atom is 1.00 e. The van der Waals surface area contributed by atoms with Crippen LogP contribution in [0.5, 0.6) is 0 Å². The van der Waals surface area contributed by atoms with Crippen molar-refractivity contribution in [3.63, 3.8) is 0 Å².